The second-order valence-corrected chi connectivity index (χ2v) is 4.71. The minimum Gasteiger partial charge on any atom is -0.396 e. The van der Waals surface area contributed by atoms with Crippen molar-refractivity contribution >= 4 is 11.3 Å². The van der Waals surface area contributed by atoms with Gasteiger partial charge in [-0.1, -0.05) is 13.8 Å². The summed E-state index contributed by atoms with van der Waals surface area (Å²) in [6.45, 7) is 6.76. The Hall–Kier alpha value is -0.340. The van der Waals surface area contributed by atoms with Gasteiger partial charge >= 0.3 is 0 Å². The summed E-state index contributed by atoms with van der Waals surface area (Å²) in [6, 6.07) is 2.14. The molecule has 0 radical (unpaired) electrons. The van der Waals surface area contributed by atoms with Gasteiger partial charge in [0.25, 0.3) is 0 Å². The smallest absolute Gasteiger partial charge is 0.0439 e. The first-order chi connectivity index (χ1) is 5.58. The van der Waals surface area contributed by atoms with E-state index in [1.807, 2.05) is 0 Å². The third kappa shape index (κ3) is 1.87. The van der Waals surface area contributed by atoms with Crippen molar-refractivity contribution in [3.05, 3.63) is 21.9 Å². The van der Waals surface area contributed by atoms with E-state index in [9.17, 15) is 0 Å². The fourth-order valence-electron chi connectivity index (χ4n) is 1.46. The zero-order chi connectivity index (χ0) is 9.19. The van der Waals surface area contributed by atoms with Crippen LogP contribution in [-0.4, -0.2) is 11.7 Å². The number of hydrogen-bond donors (Lipinski definition) is 1. The number of aliphatic hydroxyl groups is 1. The first kappa shape index (κ1) is 9.75. The van der Waals surface area contributed by atoms with Crippen molar-refractivity contribution in [3.63, 3.8) is 0 Å². The molecule has 0 aliphatic rings. The van der Waals surface area contributed by atoms with Crippen LogP contribution in [0.4, 0.5) is 0 Å². The van der Waals surface area contributed by atoms with Crippen LogP contribution < -0.4 is 0 Å². The van der Waals surface area contributed by atoms with E-state index in [1.54, 1.807) is 11.3 Å². The SMILES string of the molecule is Cc1ccsc1C(C)(C)CCO. The van der Waals surface area contributed by atoms with Crippen LogP contribution in [-0.2, 0) is 5.41 Å². The molecule has 1 heterocycles. The van der Waals surface area contributed by atoms with Crippen LogP contribution in [0, 0.1) is 6.92 Å². The Bertz CT molecular complexity index is 250. The van der Waals surface area contributed by atoms with Gasteiger partial charge in [-0.3, -0.25) is 0 Å². The van der Waals surface area contributed by atoms with E-state index in [2.05, 4.69) is 32.2 Å². The highest BCUT2D eigenvalue weighted by Crippen LogP contribution is 2.33. The number of aryl methyl sites for hydroxylation is 1. The van der Waals surface area contributed by atoms with E-state index in [0.29, 0.717) is 0 Å². The first-order valence-corrected chi connectivity index (χ1v) is 5.11. The molecule has 0 saturated carbocycles. The van der Waals surface area contributed by atoms with Crippen molar-refractivity contribution in [2.75, 3.05) is 6.61 Å². The third-order valence-corrected chi connectivity index (χ3v) is 3.60. The molecule has 1 aromatic rings. The van der Waals surface area contributed by atoms with Gasteiger partial charge in [-0.25, -0.2) is 0 Å². The van der Waals surface area contributed by atoms with Crippen LogP contribution in [0.1, 0.15) is 30.7 Å². The van der Waals surface area contributed by atoms with E-state index >= 15 is 0 Å². The van der Waals surface area contributed by atoms with Gasteiger partial charge in [0.05, 0.1) is 0 Å². The van der Waals surface area contributed by atoms with E-state index in [0.717, 1.165) is 6.42 Å². The van der Waals surface area contributed by atoms with Crippen molar-refractivity contribution < 1.29 is 5.11 Å². The van der Waals surface area contributed by atoms with Crippen molar-refractivity contribution in [2.45, 2.75) is 32.6 Å². The molecule has 0 aromatic carbocycles. The summed E-state index contributed by atoms with van der Waals surface area (Å²) in [7, 11) is 0. The van der Waals surface area contributed by atoms with Gasteiger partial charge in [-0.2, -0.15) is 0 Å². The average Bonchev–Trinajstić information content (AvgIpc) is 2.35. The summed E-state index contributed by atoms with van der Waals surface area (Å²) in [6.07, 6.45) is 0.842. The van der Waals surface area contributed by atoms with Crippen LogP contribution in [0.2, 0.25) is 0 Å². The summed E-state index contributed by atoms with van der Waals surface area (Å²) >= 11 is 1.79. The second-order valence-electron chi connectivity index (χ2n) is 3.79. The summed E-state index contributed by atoms with van der Waals surface area (Å²) in [5.74, 6) is 0. The van der Waals surface area contributed by atoms with Crippen LogP contribution in [0.25, 0.3) is 0 Å². The van der Waals surface area contributed by atoms with E-state index in [1.165, 1.54) is 10.4 Å². The highest BCUT2D eigenvalue weighted by atomic mass is 32.1. The predicted molar refractivity (Wildman–Crippen MR) is 53.8 cm³/mol. The molecule has 0 aliphatic heterocycles. The van der Waals surface area contributed by atoms with Crippen molar-refractivity contribution in [1.29, 1.82) is 0 Å². The maximum atomic E-state index is 8.90. The van der Waals surface area contributed by atoms with Gasteiger partial charge in [-0.05, 0) is 30.4 Å². The van der Waals surface area contributed by atoms with E-state index < -0.39 is 0 Å². The maximum absolute atomic E-state index is 8.90. The molecule has 68 valence electrons. The highest BCUT2D eigenvalue weighted by molar-refractivity contribution is 7.10. The largest absolute Gasteiger partial charge is 0.396 e. The molecule has 12 heavy (non-hydrogen) atoms. The average molecular weight is 184 g/mol. The standard InChI is InChI=1S/C10H16OS/c1-8-4-7-12-9(8)10(2,3)5-6-11/h4,7,11H,5-6H2,1-3H3. The van der Waals surface area contributed by atoms with Gasteiger partial charge in [-0.15, -0.1) is 11.3 Å². The Labute approximate surface area is 78.1 Å². The molecular weight excluding hydrogens is 168 g/mol. The molecule has 0 unspecified atom stereocenters. The van der Waals surface area contributed by atoms with Gasteiger partial charge in [0.1, 0.15) is 0 Å². The minimum absolute atomic E-state index is 0.132. The Morgan fingerprint density at radius 2 is 2.17 bits per heavy atom. The van der Waals surface area contributed by atoms with Gasteiger partial charge < -0.3 is 5.11 Å². The molecule has 1 rings (SSSR count). The molecule has 1 N–H and O–H groups in total. The Morgan fingerprint density at radius 1 is 1.50 bits per heavy atom. The minimum atomic E-state index is 0.132. The fourth-order valence-corrected chi connectivity index (χ4v) is 2.54. The molecular formula is C10H16OS. The molecule has 0 atom stereocenters. The lowest BCUT2D eigenvalue weighted by molar-refractivity contribution is 0.253. The summed E-state index contributed by atoms with van der Waals surface area (Å²) in [5.41, 5.74) is 1.48. The van der Waals surface area contributed by atoms with Gasteiger partial charge in [0.15, 0.2) is 0 Å². The summed E-state index contributed by atoms with van der Waals surface area (Å²) in [4.78, 5) is 1.40. The molecule has 1 aromatic heterocycles. The maximum Gasteiger partial charge on any atom is 0.0439 e. The van der Waals surface area contributed by atoms with Gasteiger partial charge in [0.2, 0.25) is 0 Å². The predicted octanol–water partition coefficient (Wildman–Crippen LogP) is 2.72. The number of rotatable bonds is 3. The quantitative estimate of drug-likeness (QED) is 0.765. The zero-order valence-corrected chi connectivity index (χ0v) is 8.74. The zero-order valence-electron chi connectivity index (χ0n) is 7.92. The summed E-state index contributed by atoms with van der Waals surface area (Å²) in [5, 5.41) is 11.0. The van der Waals surface area contributed by atoms with Crippen LogP contribution in [0.15, 0.2) is 11.4 Å². The first-order valence-electron chi connectivity index (χ1n) is 4.23. The molecule has 1 nitrogen and oxygen atoms in total. The Morgan fingerprint density at radius 3 is 2.58 bits per heavy atom. The number of thiophene rings is 1. The fraction of sp³-hybridized carbons (Fsp3) is 0.600. The molecule has 0 aliphatic carbocycles. The summed E-state index contributed by atoms with van der Waals surface area (Å²) < 4.78 is 0. The molecule has 0 bridgehead atoms. The molecule has 0 fully saturated rings. The van der Waals surface area contributed by atoms with Crippen molar-refractivity contribution in [2.24, 2.45) is 0 Å². The molecule has 0 saturated heterocycles. The monoisotopic (exact) mass is 184 g/mol. The van der Waals surface area contributed by atoms with Crippen molar-refractivity contribution in [1.82, 2.24) is 0 Å². The van der Waals surface area contributed by atoms with E-state index in [-0.39, 0.29) is 12.0 Å². The van der Waals surface area contributed by atoms with Crippen molar-refractivity contribution in [3.8, 4) is 0 Å². The second kappa shape index (κ2) is 3.58. The number of aliphatic hydroxyl groups excluding tert-OH is 1. The lowest BCUT2D eigenvalue weighted by atomic mass is 9.86. The molecule has 2 heteroatoms. The van der Waals surface area contributed by atoms with Crippen LogP contribution >= 0.6 is 11.3 Å². The Balaban J connectivity index is 2.88. The molecule has 0 amide bonds. The topological polar surface area (TPSA) is 20.2 Å². The molecule has 0 spiro atoms. The normalized spacial score (nSPS) is 12.0. The van der Waals surface area contributed by atoms with Crippen LogP contribution in [0.3, 0.4) is 0 Å². The lowest BCUT2D eigenvalue weighted by Crippen LogP contribution is -2.18. The van der Waals surface area contributed by atoms with Crippen LogP contribution in [0.5, 0.6) is 0 Å². The van der Waals surface area contributed by atoms with Gasteiger partial charge in [0, 0.05) is 16.9 Å². The van der Waals surface area contributed by atoms with E-state index in [4.69, 9.17) is 5.11 Å². The Kier molecular flexibility index (Phi) is 2.91. The third-order valence-electron chi connectivity index (χ3n) is 2.21. The number of hydrogen-bond acceptors (Lipinski definition) is 2. The highest BCUT2D eigenvalue weighted by Gasteiger charge is 2.22. The lowest BCUT2D eigenvalue weighted by Gasteiger charge is -2.23.